The fourth-order valence-corrected chi connectivity index (χ4v) is 2.47. The molecule has 0 saturated carbocycles. The Hall–Kier alpha value is -0.530. The summed E-state index contributed by atoms with van der Waals surface area (Å²) in [4.78, 5) is 12.4. The largest absolute Gasteiger partial charge is 0.356 e. The molecule has 0 spiro atoms. The first-order valence-corrected chi connectivity index (χ1v) is 9.35. The lowest BCUT2D eigenvalue weighted by atomic mass is 9.71. The molecule has 0 radical (unpaired) electrons. The Morgan fingerprint density at radius 3 is 1.82 bits per heavy atom. The van der Waals surface area contributed by atoms with Gasteiger partial charge < -0.3 is 5.32 Å². The Morgan fingerprint density at radius 1 is 0.909 bits per heavy atom. The van der Waals surface area contributed by atoms with Crippen molar-refractivity contribution in [2.75, 3.05) is 6.54 Å². The minimum absolute atomic E-state index is 0.0274. The summed E-state index contributed by atoms with van der Waals surface area (Å²) in [5.41, 5.74) is 0.218. The molecule has 0 aliphatic heterocycles. The number of rotatable bonds is 8. The number of amides is 1. The lowest BCUT2D eigenvalue weighted by molar-refractivity contribution is -0.129. The molecule has 0 aliphatic rings. The highest BCUT2D eigenvalue weighted by molar-refractivity contribution is 5.79. The number of carbonyl (C=O) groups is 1. The van der Waals surface area contributed by atoms with E-state index in [1.807, 2.05) is 13.8 Å². The van der Waals surface area contributed by atoms with E-state index in [4.69, 9.17) is 0 Å². The lowest BCUT2D eigenvalue weighted by Gasteiger charge is -2.34. The molecular formula is C20H43NO. The van der Waals surface area contributed by atoms with Gasteiger partial charge in [-0.2, -0.15) is 0 Å². The molecule has 0 aromatic carbocycles. The molecule has 1 N–H and O–H groups in total. The smallest absolute Gasteiger partial charge is 0.223 e. The molecule has 0 rings (SSSR count). The van der Waals surface area contributed by atoms with Crippen LogP contribution in [0.2, 0.25) is 0 Å². The molecule has 0 fully saturated rings. The summed E-state index contributed by atoms with van der Waals surface area (Å²) in [7, 11) is 0. The minimum Gasteiger partial charge on any atom is -0.356 e. The maximum absolute atomic E-state index is 12.4. The molecule has 134 valence electrons. The monoisotopic (exact) mass is 313 g/mol. The normalized spacial score (nSPS) is 13.1. The van der Waals surface area contributed by atoms with Gasteiger partial charge in [0.25, 0.3) is 0 Å². The molecule has 1 amide bonds. The molecule has 0 saturated heterocycles. The van der Waals surface area contributed by atoms with Crippen LogP contribution in [0.5, 0.6) is 0 Å². The van der Waals surface area contributed by atoms with Gasteiger partial charge in [0.15, 0.2) is 0 Å². The third kappa shape index (κ3) is 13.2. The van der Waals surface area contributed by atoms with Gasteiger partial charge in [0, 0.05) is 12.5 Å². The Labute approximate surface area is 140 Å². The lowest BCUT2D eigenvalue weighted by Crippen LogP contribution is -2.40. The van der Waals surface area contributed by atoms with Crippen molar-refractivity contribution in [1.29, 1.82) is 0 Å². The zero-order valence-electron chi connectivity index (χ0n) is 16.9. The third-order valence-electron chi connectivity index (χ3n) is 3.76. The number of hydrogen-bond acceptors (Lipinski definition) is 1. The second kappa shape index (κ2) is 12.0. The van der Waals surface area contributed by atoms with Crippen LogP contribution >= 0.6 is 0 Å². The topological polar surface area (TPSA) is 29.1 Å². The van der Waals surface area contributed by atoms with E-state index < -0.39 is 0 Å². The summed E-state index contributed by atoms with van der Waals surface area (Å²) in [5, 5.41) is 3.15. The molecule has 0 aromatic rings. The predicted molar refractivity (Wildman–Crippen MR) is 100 cm³/mol. The van der Waals surface area contributed by atoms with Crippen molar-refractivity contribution in [3.63, 3.8) is 0 Å². The highest BCUT2D eigenvalue weighted by Crippen LogP contribution is 2.36. The number of carbonyl (C=O) groups excluding carboxylic acids is 1. The van der Waals surface area contributed by atoms with E-state index >= 15 is 0 Å². The van der Waals surface area contributed by atoms with E-state index in [0.29, 0.717) is 0 Å². The zero-order valence-corrected chi connectivity index (χ0v) is 16.9. The first-order valence-electron chi connectivity index (χ1n) is 9.35. The van der Waals surface area contributed by atoms with Crippen molar-refractivity contribution in [2.45, 2.75) is 101 Å². The highest BCUT2D eigenvalue weighted by atomic mass is 16.1. The van der Waals surface area contributed by atoms with Crippen LogP contribution in [0.15, 0.2) is 0 Å². The van der Waals surface area contributed by atoms with Crippen LogP contribution in [0.1, 0.15) is 101 Å². The second-order valence-corrected chi connectivity index (χ2v) is 8.39. The maximum atomic E-state index is 12.4. The molecule has 1 unspecified atom stereocenters. The molecule has 0 aromatic heterocycles. The van der Waals surface area contributed by atoms with E-state index in [0.717, 1.165) is 19.4 Å². The Morgan fingerprint density at radius 2 is 1.41 bits per heavy atom. The van der Waals surface area contributed by atoms with Gasteiger partial charge in [0.1, 0.15) is 0 Å². The summed E-state index contributed by atoms with van der Waals surface area (Å²) >= 11 is 0. The van der Waals surface area contributed by atoms with Gasteiger partial charge in [-0.3, -0.25) is 4.79 Å². The van der Waals surface area contributed by atoms with Gasteiger partial charge in [0.2, 0.25) is 5.91 Å². The van der Waals surface area contributed by atoms with Crippen molar-refractivity contribution in [3.8, 4) is 0 Å². The van der Waals surface area contributed by atoms with Crippen LogP contribution in [0.4, 0.5) is 0 Å². The average molecular weight is 314 g/mol. The van der Waals surface area contributed by atoms with Crippen LogP contribution in [0.25, 0.3) is 0 Å². The van der Waals surface area contributed by atoms with Gasteiger partial charge in [0.05, 0.1) is 0 Å². The molecule has 0 aliphatic carbocycles. The summed E-state index contributed by atoms with van der Waals surface area (Å²) in [6.45, 7) is 20.2. The molecule has 0 bridgehead atoms. The van der Waals surface area contributed by atoms with Gasteiger partial charge >= 0.3 is 0 Å². The summed E-state index contributed by atoms with van der Waals surface area (Å²) in [6, 6.07) is 0. The SMILES string of the molecule is CC.CCCCCCCNC(=O)C(CC(C)(C)C)C(C)(C)C. The summed E-state index contributed by atoms with van der Waals surface area (Å²) in [6.07, 6.45) is 7.15. The van der Waals surface area contributed by atoms with E-state index in [1.165, 1.54) is 25.7 Å². The van der Waals surface area contributed by atoms with Crippen LogP contribution in [0.3, 0.4) is 0 Å². The van der Waals surface area contributed by atoms with Crippen molar-refractivity contribution < 1.29 is 4.79 Å². The van der Waals surface area contributed by atoms with Crippen LogP contribution < -0.4 is 5.32 Å². The van der Waals surface area contributed by atoms with E-state index in [2.05, 4.69) is 53.8 Å². The van der Waals surface area contributed by atoms with Crippen molar-refractivity contribution in [3.05, 3.63) is 0 Å². The predicted octanol–water partition coefficient (Wildman–Crippen LogP) is 6.20. The van der Waals surface area contributed by atoms with Gasteiger partial charge in [-0.05, 0) is 23.7 Å². The molecule has 22 heavy (non-hydrogen) atoms. The number of unbranched alkanes of at least 4 members (excludes halogenated alkanes) is 4. The first-order chi connectivity index (χ1) is 10.1. The van der Waals surface area contributed by atoms with E-state index in [-0.39, 0.29) is 22.7 Å². The van der Waals surface area contributed by atoms with Gasteiger partial charge in [-0.25, -0.2) is 0 Å². The van der Waals surface area contributed by atoms with Crippen molar-refractivity contribution in [1.82, 2.24) is 5.32 Å². The van der Waals surface area contributed by atoms with Crippen LogP contribution in [-0.2, 0) is 4.79 Å². The highest BCUT2D eigenvalue weighted by Gasteiger charge is 2.34. The van der Waals surface area contributed by atoms with Gasteiger partial charge in [-0.15, -0.1) is 0 Å². The second-order valence-electron chi connectivity index (χ2n) is 8.39. The van der Waals surface area contributed by atoms with E-state index in [9.17, 15) is 4.79 Å². The van der Waals surface area contributed by atoms with Crippen LogP contribution in [0, 0.1) is 16.7 Å². The first kappa shape index (κ1) is 23.7. The van der Waals surface area contributed by atoms with Crippen molar-refractivity contribution in [2.24, 2.45) is 16.7 Å². The standard InChI is InChI=1S/C18H37NO.C2H6/c1-8-9-10-11-12-13-19-16(20)15(18(5,6)7)14-17(2,3)4;1-2/h15H,8-14H2,1-7H3,(H,19,20);1-2H3. The molecular weight excluding hydrogens is 270 g/mol. The Kier molecular flexibility index (Phi) is 12.9. The van der Waals surface area contributed by atoms with Crippen molar-refractivity contribution >= 4 is 5.91 Å². The molecule has 2 heteroatoms. The Balaban J connectivity index is 0. The molecule has 0 heterocycles. The van der Waals surface area contributed by atoms with Gasteiger partial charge in [-0.1, -0.05) is 88.0 Å². The summed E-state index contributed by atoms with van der Waals surface area (Å²) in [5.74, 6) is 0.334. The van der Waals surface area contributed by atoms with E-state index in [1.54, 1.807) is 0 Å². The average Bonchev–Trinajstić information content (AvgIpc) is 2.40. The summed E-state index contributed by atoms with van der Waals surface area (Å²) < 4.78 is 0. The molecule has 2 nitrogen and oxygen atoms in total. The quantitative estimate of drug-likeness (QED) is 0.531. The molecule has 1 atom stereocenters. The zero-order chi connectivity index (χ0) is 17.8. The third-order valence-corrected chi connectivity index (χ3v) is 3.76. The minimum atomic E-state index is 0.0274. The fraction of sp³-hybridized carbons (Fsp3) is 0.950. The Bertz CT molecular complexity index is 270. The number of hydrogen-bond donors (Lipinski definition) is 1. The number of nitrogens with one attached hydrogen (secondary N) is 1. The van der Waals surface area contributed by atoms with Crippen LogP contribution in [-0.4, -0.2) is 12.5 Å². The fourth-order valence-electron chi connectivity index (χ4n) is 2.47. The maximum Gasteiger partial charge on any atom is 0.223 e.